The zero-order valence-corrected chi connectivity index (χ0v) is 13.7. The predicted molar refractivity (Wildman–Crippen MR) is 87.8 cm³/mol. The first kappa shape index (κ1) is 17.9. The van der Waals surface area contributed by atoms with E-state index in [1.807, 2.05) is 20.2 Å². The maximum Gasteiger partial charge on any atom is 0.270 e. The molecule has 22 heavy (non-hydrogen) atoms. The summed E-state index contributed by atoms with van der Waals surface area (Å²) in [6.45, 7) is 5.06. The Hall–Kier alpha value is -2.13. The van der Waals surface area contributed by atoms with Crippen LogP contribution in [0.5, 0.6) is 0 Å². The molecule has 6 nitrogen and oxygen atoms in total. The van der Waals surface area contributed by atoms with E-state index < -0.39 is 4.92 Å². The summed E-state index contributed by atoms with van der Waals surface area (Å²) in [4.78, 5) is 12.5. The van der Waals surface area contributed by atoms with Crippen molar-refractivity contribution in [2.45, 2.75) is 32.7 Å². The normalized spacial score (nSPS) is 12.2. The van der Waals surface area contributed by atoms with Gasteiger partial charge in [0.25, 0.3) is 5.69 Å². The van der Waals surface area contributed by atoms with Gasteiger partial charge in [-0.2, -0.15) is 5.26 Å². The minimum atomic E-state index is -0.489. The topological polar surface area (TPSA) is 82.2 Å². The number of nitrogens with one attached hydrogen (secondary N) is 1. The van der Waals surface area contributed by atoms with Gasteiger partial charge in [-0.3, -0.25) is 10.1 Å². The van der Waals surface area contributed by atoms with E-state index in [4.69, 9.17) is 0 Å². The van der Waals surface area contributed by atoms with Gasteiger partial charge in [0.2, 0.25) is 0 Å². The van der Waals surface area contributed by atoms with E-state index in [0.29, 0.717) is 29.8 Å². The van der Waals surface area contributed by atoms with Crippen LogP contribution in [0.1, 0.15) is 32.3 Å². The summed E-state index contributed by atoms with van der Waals surface area (Å²) in [6, 6.07) is 6.70. The average molecular weight is 304 g/mol. The first-order chi connectivity index (χ1) is 10.4. The molecule has 0 aliphatic heterocycles. The van der Waals surface area contributed by atoms with Crippen molar-refractivity contribution in [1.29, 1.82) is 5.26 Å². The highest BCUT2D eigenvalue weighted by Gasteiger charge is 2.21. The van der Waals surface area contributed by atoms with Crippen molar-refractivity contribution in [3.8, 4) is 6.07 Å². The largest absolute Gasteiger partial charge is 0.382 e. The fourth-order valence-electron chi connectivity index (χ4n) is 2.71. The lowest BCUT2D eigenvalue weighted by Gasteiger charge is -2.32. The summed E-state index contributed by atoms with van der Waals surface area (Å²) in [5.74, 6) is 0.561. The SMILES string of the molecule is CCC(CC)C(CNc1ccc([N+](=O)[O-])cc1C#N)N(C)C. The van der Waals surface area contributed by atoms with E-state index in [9.17, 15) is 15.4 Å². The molecule has 0 bridgehead atoms. The Labute approximate surface area is 131 Å². The Morgan fingerprint density at radius 1 is 1.36 bits per heavy atom. The number of likely N-dealkylation sites (N-methyl/N-ethyl adjacent to an activating group) is 1. The lowest BCUT2D eigenvalue weighted by Crippen LogP contribution is -2.40. The molecule has 1 aromatic rings. The van der Waals surface area contributed by atoms with E-state index in [0.717, 1.165) is 12.8 Å². The fraction of sp³-hybridized carbons (Fsp3) is 0.562. The highest BCUT2D eigenvalue weighted by atomic mass is 16.6. The predicted octanol–water partition coefficient (Wildman–Crippen LogP) is 3.24. The number of hydrogen-bond acceptors (Lipinski definition) is 5. The van der Waals surface area contributed by atoms with Crippen molar-refractivity contribution in [2.24, 2.45) is 5.92 Å². The second-order valence-electron chi connectivity index (χ2n) is 5.59. The molecule has 6 heteroatoms. The first-order valence-corrected chi connectivity index (χ1v) is 7.53. The molecule has 1 N–H and O–H groups in total. The molecule has 0 aliphatic rings. The zero-order chi connectivity index (χ0) is 16.7. The number of anilines is 1. The molecule has 0 fully saturated rings. The Balaban J connectivity index is 2.90. The molecule has 1 aromatic carbocycles. The molecule has 0 heterocycles. The molecule has 0 saturated carbocycles. The zero-order valence-electron chi connectivity index (χ0n) is 13.7. The second-order valence-corrected chi connectivity index (χ2v) is 5.59. The second kappa shape index (κ2) is 8.35. The van der Waals surface area contributed by atoms with Gasteiger partial charge < -0.3 is 10.2 Å². The number of nitriles is 1. The molecule has 1 unspecified atom stereocenters. The van der Waals surface area contributed by atoms with Gasteiger partial charge in [0, 0.05) is 24.7 Å². The van der Waals surface area contributed by atoms with Crippen LogP contribution in [0.2, 0.25) is 0 Å². The minimum Gasteiger partial charge on any atom is -0.382 e. The van der Waals surface area contributed by atoms with Crippen molar-refractivity contribution in [3.05, 3.63) is 33.9 Å². The van der Waals surface area contributed by atoms with Gasteiger partial charge in [-0.15, -0.1) is 0 Å². The van der Waals surface area contributed by atoms with E-state index in [1.54, 1.807) is 6.07 Å². The van der Waals surface area contributed by atoms with Gasteiger partial charge in [-0.1, -0.05) is 26.7 Å². The highest BCUT2D eigenvalue weighted by Crippen LogP contribution is 2.23. The van der Waals surface area contributed by atoms with Crippen molar-refractivity contribution in [3.63, 3.8) is 0 Å². The van der Waals surface area contributed by atoms with Crippen molar-refractivity contribution in [1.82, 2.24) is 4.90 Å². The van der Waals surface area contributed by atoms with Crippen LogP contribution >= 0.6 is 0 Å². The van der Waals surface area contributed by atoms with Crippen molar-refractivity contribution in [2.75, 3.05) is 26.0 Å². The summed E-state index contributed by atoms with van der Waals surface area (Å²) >= 11 is 0. The van der Waals surface area contributed by atoms with Crippen LogP contribution in [0.3, 0.4) is 0 Å². The molecular formula is C16H24N4O2. The molecule has 0 spiro atoms. The molecule has 0 amide bonds. The molecule has 0 radical (unpaired) electrons. The van der Waals surface area contributed by atoms with Gasteiger partial charge in [0.1, 0.15) is 6.07 Å². The average Bonchev–Trinajstić information content (AvgIpc) is 2.50. The van der Waals surface area contributed by atoms with Crippen molar-refractivity contribution >= 4 is 11.4 Å². The Morgan fingerprint density at radius 3 is 2.45 bits per heavy atom. The molecule has 120 valence electrons. The lowest BCUT2D eigenvalue weighted by molar-refractivity contribution is -0.384. The van der Waals surface area contributed by atoms with Crippen LogP contribution in [0, 0.1) is 27.4 Å². The molecule has 0 aromatic heterocycles. The van der Waals surface area contributed by atoms with Crippen molar-refractivity contribution < 1.29 is 4.92 Å². The third kappa shape index (κ3) is 4.43. The third-order valence-corrected chi connectivity index (χ3v) is 4.09. The fourth-order valence-corrected chi connectivity index (χ4v) is 2.71. The Kier molecular flexibility index (Phi) is 6.80. The summed E-state index contributed by atoms with van der Waals surface area (Å²) < 4.78 is 0. The summed E-state index contributed by atoms with van der Waals surface area (Å²) in [6.07, 6.45) is 2.18. The smallest absolute Gasteiger partial charge is 0.270 e. The number of nitro benzene ring substituents is 1. The van der Waals surface area contributed by atoms with Gasteiger partial charge in [0.15, 0.2) is 0 Å². The number of nitrogens with zero attached hydrogens (tertiary/aromatic N) is 3. The van der Waals surface area contributed by atoms with Gasteiger partial charge in [-0.05, 0) is 26.1 Å². The van der Waals surface area contributed by atoms with Crippen LogP contribution in [0.25, 0.3) is 0 Å². The first-order valence-electron chi connectivity index (χ1n) is 7.53. The summed E-state index contributed by atoms with van der Waals surface area (Å²) in [7, 11) is 4.09. The van der Waals surface area contributed by atoms with Crippen LogP contribution in [-0.2, 0) is 0 Å². The quantitative estimate of drug-likeness (QED) is 0.589. The van der Waals surface area contributed by atoms with E-state index in [1.165, 1.54) is 12.1 Å². The number of hydrogen-bond donors (Lipinski definition) is 1. The maximum absolute atomic E-state index is 10.8. The summed E-state index contributed by atoms with van der Waals surface area (Å²) in [5, 5.41) is 23.2. The Bertz CT molecular complexity index is 548. The van der Waals surface area contributed by atoms with Gasteiger partial charge in [0.05, 0.1) is 16.2 Å². The standard InChI is InChI=1S/C16H24N4O2/c1-5-12(6-2)16(19(3)4)11-18-15-8-7-14(20(21)22)9-13(15)10-17/h7-9,12,16,18H,5-6,11H2,1-4H3. The number of rotatable bonds is 8. The van der Waals surface area contributed by atoms with Crippen LogP contribution in [0.15, 0.2) is 18.2 Å². The number of benzene rings is 1. The number of nitro groups is 1. The Morgan fingerprint density at radius 2 is 2.00 bits per heavy atom. The lowest BCUT2D eigenvalue weighted by atomic mass is 9.93. The molecule has 1 rings (SSSR count). The van der Waals surface area contributed by atoms with Crippen LogP contribution in [-0.4, -0.2) is 36.5 Å². The molecule has 0 saturated heterocycles. The third-order valence-electron chi connectivity index (χ3n) is 4.09. The summed E-state index contributed by atoms with van der Waals surface area (Å²) in [5.41, 5.74) is 0.883. The van der Waals surface area contributed by atoms with E-state index in [-0.39, 0.29) is 5.69 Å². The van der Waals surface area contributed by atoms with Gasteiger partial charge >= 0.3 is 0 Å². The number of non-ortho nitro benzene ring substituents is 1. The molecular weight excluding hydrogens is 280 g/mol. The highest BCUT2D eigenvalue weighted by molar-refractivity contribution is 5.61. The van der Waals surface area contributed by atoms with E-state index >= 15 is 0 Å². The monoisotopic (exact) mass is 304 g/mol. The molecule has 0 aliphatic carbocycles. The maximum atomic E-state index is 10.8. The van der Waals surface area contributed by atoms with Crippen LogP contribution < -0.4 is 5.32 Å². The van der Waals surface area contributed by atoms with E-state index in [2.05, 4.69) is 24.1 Å². The van der Waals surface area contributed by atoms with Crippen LogP contribution in [0.4, 0.5) is 11.4 Å². The molecule has 1 atom stereocenters. The minimum absolute atomic E-state index is 0.0637. The van der Waals surface area contributed by atoms with Gasteiger partial charge in [-0.25, -0.2) is 0 Å².